The molecule has 6 nitrogen and oxygen atoms in total. The Balaban J connectivity index is 1.87. The molecule has 1 aromatic carbocycles. The van der Waals surface area contributed by atoms with E-state index in [4.69, 9.17) is 10.5 Å². The molecule has 20 heavy (non-hydrogen) atoms. The van der Waals surface area contributed by atoms with Crippen molar-refractivity contribution in [2.45, 2.75) is 0 Å². The molecule has 1 heterocycles. The SMILES string of the molecule is CN(CCOc1ccccc1)C(=O)c1nn(C)cc1N. The lowest BCUT2D eigenvalue weighted by molar-refractivity contribution is 0.0768. The van der Waals surface area contributed by atoms with E-state index >= 15 is 0 Å². The normalized spacial score (nSPS) is 10.3. The molecular weight excluding hydrogens is 256 g/mol. The van der Waals surface area contributed by atoms with E-state index in [9.17, 15) is 4.79 Å². The monoisotopic (exact) mass is 274 g/mol. The van der Waals surface area contributed by atoms with Crippen LogP contribution in [0.4, 0.5) is 5.69 Å². The number of hydrogen-bond acceptors (Lipinski definition) is 4. The largest absolute Gasteiger partial charge is 0.492 e. The second kappa shape index (κ2) is 6.10. The molecule has 2 N–H and O–H groups in total. The number of nitrogen functional groups attached to an aromatic ring is 1. The van der Waals surface area contributed by atoms with Gasteiger partial charge in [0.1, 0.15) is 12.4 Å². The predicted octanol–water partition coefficient (Wildman–Crippen LogP) is 1.15. The molecule has 0 aliphatic rings. The first-order valence-electron chi connectivity index (χ1n) is 6.30. The van der Waals surface area contributed by atoms with Crippen molar-refractivity contribution >= 4 is 11.6 Å². The van der Waals surface area contributed by atoms with Crippen molar-refractivity contribution in [3.8, 4) is 5.75 Å². The van der Waals surface area contributed by atoms with Gasteiger partial charge in [-0.2, -0.15) is 5.10 Å². The predicted molar refractivity (Wildman–Crippen MR) is 76.5 cm³/mol. The van der Waals surface area contributed by atoms with Crippen LogP contribution >= 0.6 is 0 Å². The number of anilines is 1. The van der Waals surface area contributed by atoms with Gasteiger partial charge in [-0.25, -0.2) is 0 Å². The molecule has 6 heteroatoms. The van der Waals surface area contributed by atoms with Crippen molar-refractivity contribution in [2.24, 2.45) is 7.05 Å². The van der Waals surface area contributed by atoms with E-state index in [-0.39, 0.29) is 11.6 Å². The summed E-state index contributed by atoms with van der Waals surface area (Å²) in [7, 11) is 3.43. The zero-order chi connectivity index (χ0) is 14.5. The summed E-state index contributed by atoms with van der Waals surface area (Å²) in [5.74, 6) is 0.575. The van der Waals surface area contributed by atoms with Gasteiger partial charge in [0.2, 0.25) is 0 Å². The van der Waals surface area contributed by atoms with E-state index in [0.29, 0.717) is 18.8 Å². The molecule has 0 unspecified atom stereocenters. The minimum atomic E-state index is -0.209. The fraction of sp³-hybridized carbons (Fsp3) is 0.286. The van der Waals surface area contributed by atoms with E-state index in [2.05, 4.69) is 5.10 Å². The van der Waals surface area contributed by atoms with E-state index < -0.39 is 0 Å². The Morgan fingerprint density at radius 3 is 2.70 bits per heavy atom. The van der Waals surface area contributed by atoms with Crippen molar-refractivity contribution in [1.29, 1.82) is 0 Å². The van der Waals surface area contributed by atoms with Crippen LogP contribution < -0.4 is 10.5 Å². The van der Waals surface area contributed by atoms with Gasteiger partial charge in [0.25, 0.3) is 5.91 Å². The molecule has 0 fully saturated rings. The highest BCUT2D eigenvalue weighted by Crippen LogP contribution is 2.11. The van der Waals surface area contributed by atoms with Gasteiger partial charge in [0.15, 0.2) is 5.69 Å². The molecule has 0 radical (unpaired) electrons. The third-order valence-corrected chi connectivity index (χ3v) is 2.84. The lowest BCUT2D eigenvalue weighted by atomic mass is 10.3. The van der Waals surface area contributed by atoms with Crippen molar-refractivity contribution in [3.63, 3.8) is 0 Å². The number of hydrogen-bond donors (Lipinski definition) is 1. The molecule has 0 aliphatic heterocycles. The number of likely N-dealkylation sites (N-methyl/N-ethyl adjacent to an activating group) is 1. The first kappa shape index (κ1) is 13.9. The van der Waals surface area contributed by atoms with Gasteiger partial charge in [-0.15, -0.1) is 0 Å². The van der Waals surface area contributed by atoms with E-state index in [1.54, 1.807) is 25.2 Å². The first-order chi connectivity index (χ1) is 9.58. The number of nitrogens with two attached hydrogens (primary N) is 1. The summed E-state index contributed by atoms with van der Waals surface area (Å²) in [5, 5.41) is 4.06. The summed E-state index contributed by atoms with van der Waals surface area (Å²) >= 11 is 0. The number of aryl methyl sites for hydroxylation is 1. The van der Waals surface area contributed by atoms with Gasteiger partial charge in [-0.3, -0.25) is 9.48 Å². The molecule has 0 bridgehead atoms. The second-order valence-electron chi connectivity index (χ2n) is 4.49. The number of para-hydroxylation sites is 1. The Bertz CT molecular complexity index is 580. The maximum Gasteiger partial charge on any atom is 0.276 e. The summed E-state index contributed by atoms with van der Waals surface area (Å²) in [5.41, 5.74) is 6.39. The van der Waals surface area contributed by atoms with Gasteiger partial charge in [0, 0.05) is 20.3 Å². The number of benzene rings is 1. The van der Waals surface area contributed by atoms with Crippen LogP contribution in [0.25, 0.3) is 0 Å². The van der Waals surface area contributed by atoms with Crippen molar-refractivity contribution in [2.75, 3.05) is 25.9 Å². The highest BCUT2D eigenvalue weighted by molar-refractivity contribution is 5.96. The van der Waals surface area contributed by atoms with Crippen LogP contribution in [-0.2, 0) is 7.05 Å². The molecular formula is C14H18N4O2. The topological polar surface area (TPSA) is 73.4 Å². The summed E-state index contributed by atoms with van der Waals surface area (Å²) < 4.78 is 7.07. The van der Waals surface area contributed by atoms with Crippen LogP contribution in [0, 0.1) is 0 Å². The van der Waals surface area contributed by atoms with Gasteiger partial charge in [-0.05, 0) is 12.1 Å². The lowest BCUT2D eigenvalue weighted by Gasteiger charge is -2.16. The number of carbonyl (C=O) groups excluding carboxylic acids is 1. The van der Waals surface area contributed by atoms with Gasteiger partial charge in [0.05, 0.1) is 12.2 Å². The average molecular weight is 274 g/mol. The lowest BCUT2D eigenvalue weighted by Crippen LogP contribution is -2.31. The van der Waals surface area contributed by atoms with E-state index in [1.165, 1.54) is 4.68 Å². The van der Waals surface area contributed by atoms with Crippen molar-refractivity contribution in [1.82, 2.24) is 14.7 Å². The third-order valence-electron chi connectivity index (χ3n) is 2.84. The average Bonchev–Trinajstić information content (AvgIpc) is 2.78. The fourth-order valence-electron chi connectivity index (χ4n) is 1.77. The molecule has 0 atom stereocenters. The van der Waals surface area contributed by atoms with Crippen LogP contribution in [0.3, 0.4) is 0 Å². The number of aromatic nitrogens is 2. The quantitative estimate of drug-likeness (QED) is 0.887. The Labute approximate surface area is 117 Å². The van der Waals surface area contributed by atoms with E-state index in [0.717, 1.165) is 5.75 Å². The number of ether oxygens (including phenoxy) is 1. The maximum absolute atomic E-state index is 12.1. The zero-order valence-corrected chi connectivity index (χ0v) is 11.6. The number of carbonyl (C=O) groups is 1. The Kier molecular flexibility index (Phi) is 4.24. The second-order valence-corrected chi connectivity index (χ2v) is 4.49. The van der Waals surface area contributed by atoms with Crippen molar-refractivity contribution in [3.05, 3.63) is 42.2 Å². The minimum Gasteiger partial charge on any atom is -0.492 e. The first-order valence-corrected chi connectivity index (χ1v) is 6.30. The summed E-state index contributed by atoms with van der Waals surface area (Å²) in [4.78, 5) is 13.7. The van der Waals surface area contributed by atoms with Crippen LogP contribution in [-0.4, -0.2) is 40.8 Å². The van der Waals surface area contributed by atoms with Crippen LogP contribution in [0.15, 0.2) is 36.5 Å². The summed E-state index contributed by atoms with van der Waals surface area (Å²) in [6, 6.07) is 9.47. The molecule has 2 rings (SSSR count). The van der Waals surface area contributed by atoms with Gasteiger partial charge >= 0.3 is 0 Å². The number of nitrogens with zero attached hydrogens (tertiary/aromatic N) is 3. The smallest absolute Gasteiger partial charge is 0.276 e. The zero-order valence-electron chi connectivity index (χ0n) is 11.6. The van der Waals surface area contributed by atoms with Gasteiger partial charge in [-0.1, -0.05) is 18.2 Å². The van der Waals surface area contributed by atoms with Crippen LogP contribution in [0.2, 0.25) is 0 Å². The fourth-order valence-corrected chi connectivity index (χ4v) is 1.77. The third kappa shape index (κ3) is 3.28. The molecule has 0 aliphatic carbocycles. The highest BCUT2D eigenvalue weighted by atomic mass is 16.5. The van der Waals surface area contributed by atoms with Gasteiger partial charge < -0.3 is 15.4 Å². The Morgan fingerprint density at radius 2 is 2.10 bits per heavy atom. The maximum atomic E-state index is 12.1. The van der Waals surface area contributed by atoms with E-state index in [1.807, 2.05) is 30.3 Å². The molecule has 0 spiro atoms. The van der Waals surface area contributed by atoms with Crippen LogP contribution in [0.1, 0.15) is 10.5 Å². The minimum absolute atomic E-state index is 0.209. The number of amides is 1. The van der Waals surface area contributed by atoms with Crippen molar-refractivity contribution < 1.29 is 9.53 Å². The summed E-state index contributed by atoms with van der Waals surface area (Å²) in [6.07, 6.45) is 1.61. The summed E-state index contributed by atoms with van der Waals surface area (Å²) in [6.45, 7) is 0.878. The van der Waals surface area contributed by atoms with Crippen LogP contribution in [0.5, 0.6) is 5.75 Å². The number of rotatable bonds is 5. The highest BCUT2D eigenvalue weighted by Gasteiger charge is 2.18. The molecule has 0 saturated heterocycles. The molecule has 106 valence electrons. The molecule has 0 saturated carbocycles. The molecule has 1 aromatic heterocycles. The molecule has 2 aromatic rings. The molecule has 1 amide bonds. The standard InChI is InChI=1S/C14H18N4O2/c1-17(8-9-20-11-6-4-3-5-7-11)14(19)13-12(15)10-18(2)16-13/h3-7,10H,8-9,15H2,1-2H3. The Hall–Kier alpha value is -2.50. The Morgan fingerprint density at radius 1 is 1.40 bits per heavy atom.